The first-order valence-electron chi connectivity index (χ1n) is 8.52. The van der Waals surface area contributed by atoms with Gasteiger partial charge in [0.1, 0.15) is 17.6 Å². The molecule has 3 aromatic rings. The van der Waals surface area contributed by atoms with E-state index in [0.717, 1.165) is 15.6 Å². The Bertz CT molecular complexity index is 935. The summed E-state index contributed by atoms with van der Waals surface area (Å²) in [5, 5.41) is 0.0868. The summed E-state index contributed by atoms with van der Waals surface area (Å²) in [5.74, 6) is 0.284. The highest BCUT2D eigenvalue weighted by Crippen LogP contribution is 2.42. The van der Waals surface area contributed by atoms with E-state index in [4.69, 9.17) is 4.74 Å². The van der Waals surface area contributed by atoms with E-state index in [1.165, 1.54) is 0 Å². The number of ether oxygens (including phenoxy) is 1. The third kappa shape index (κ3) is 3.42. The lowest BCUT2D eigenvalue weighted by Gasteiger charge is -2.38. The molecule has 0 saturated heterocycles. The van der Waals surface area contributed by atoms with Crippen LogP contribution in [0.2, 0.25) is 18.1 Å². The van der Waals surface area contributed by atoms with E-state index in [-0.39, 0.29) is 10.9 Å². The maximum Gasteiger partial charge on any atom is 0.312 e. The molecular weight excluding hydrogens is 413 g/mol. The summed E-state index contributed by atoms with van der Waals surface area (Å²) in [6.45, 7) is 11.6. The quantitative estimate of drug-likeness (QED) is 0.385. The lowest BCUT2D eigenvalue weighted by Crippen LogP contribution is -2.45. The molecule has 7 heteroatoms. The van der Waals surface area contributed by atoms with Crippen molar-refractivity contribution in [3.63, 3.8) is 0 Å². The van der Waals surface area contributed by atoms with Crippen LogP contribution in [0.3, 0.4) is 0 Å². The van der Waals surface area contributed by atoms with Crippen LogP contribution in [0.25, 0.3) is 11.0 Å². The van der Waals surface area contributed by atoms with Crippen LogP contribution in [0.15, 0.2) is 41.0 Å². The predicted octanol–water partition coefficient (Wildman–Crippen LogP) is 5.77. The first-order valence-corrected chi connectivity index (χ1v) is 12.3. The number of rotatable bonds is 4. The number of benzene rings is 1. The van der Waals surface area contributed by atoms with Gasteiger partial charge in [-0.1, -0.05) is 64.2 Å². The molecule has 0 aliphatic heterocycles. The van der Waals surface area contributed by atoms with E-state index >= 15 is 0 Å². The fourth-order valence-corrected chi connectivity index (χ4v) is 5.27. The van der Waals surface area contributed by atoms with Crippen LogP contribution in [-0.4, -0.2) is 22.4 Å². The van der Waals surface area contributed by atoms with E-state index in [1.54, 1.807) is 0 Å². The van der Waals surface area contributed by atoms with Crippen molar-refractivity contribution < 1.29 is 9.13 Å². The monoisotopic (exact) mass is 435 g/mol. The lowest BCUT2D eigenvalue weighted by molar-refractivity contribution is 0.291. The van der Waals surface area contributed by atoms with Gasteiger partial charge in [0, 0.05) is 6.20 Å². The lowest BCUT2D eigenvalue weighted by atomic mass is 10.2. The number of aromatic nitrogens is 3. The van der Waals surface area contributed by atoms with Crippen molar-refractivity contribution in [2.45, 2.75) is 45.5 Å². The number of nitrogens with zero attached hydrogens (tertiary/aromatic N) is 3. The summed E-state index contributed by atoms with van der Waals surface area (Å²) in [6.07, 6.45) is 1.21. The molecule has 26 heavy (non-hydrogen) atoms. The molecule has 2 heterocycles. The molecule has 0 bridgehead atoms. The second-order valence-electron chi connectivity index (χ2n) is 7.93. The van der Waals surface area contributed by atoms with Crippen LogP contribution in [-0.2, 0) is 6.61 Å². The zero-order valence-corrected chi connectivity index (χ0v) is 18.3. The molecule has 0 atom stereocenters. The molecule has 0 unspecified atom stereocenters. The molecule has 0 aliphatic rings. The van der Waals surface area contributed by atoms with Gasteiger partial charge in [0.05, 0.1) is 4.47 Å². The molecular formula is C19H23BrFN3OSi. The highest BCUT2D eigenvalue weighted by molar-refractivity contribution is 9.10. The molecule has 0 spiro atoms. The smallest absolute Gasteiger partial charge is 0.312 e. The molecule has 0 amide bonds. The van der Waals surface area contributed by atoms with E-state index in [2.05, 4.69) is 64.0 Å². The highest BCUT2D eigenvalue weighted by Gasteiger charge is 2.39. The molecule has 2 aromatic heterocycles. The standard InChI is InChI=1S/C19H23BrFN3OSi/c1-19(2,3)26(4,5)24-11-14(20)15-16(24)17(23-18(21)22-15)25-12-13-9-7-6-8-10-13/h6-11H,12H2,1-5H3. The fraction of sp³-hybridized carbons (Fsp3) is 0.368. The summed E-state index contributed by atoms with van der Waals surface area (Å²) in [6, 6.07) is 9.79. The molecule has 4 nitrogen and oxygen atoms in total. The third-order valence-electron chi connectivity index (χ3n) is 5.19. The molecule has 3 rings (SSSR count). The average molecular weight is 436 g/mol. The van der Waals surface area contributed by atoms with Gasteiger partial charge < -0.3 is 8.97 Å². The minimum absolute atomic E-state index is 0.0868. The van der Waals surface area contributed by atoms with Gasteiger partial charge in [0.2, 0.25) is 5.88 Å². The Kier molecular flexibility index (Phi) is 4.96. The van der Waals surface area contributed by atoms with Crippen molar-refractivity contribution in [1.82, 2.24) is 14.2 Å². The van der Waals surface area contributed by atoms with Gasteiger partial charge in [0.15, 0.2) is 8.24 Å². The van der Waals surface area contributed by atoms with Crippen molar-refractivity contribution in [2.24, 2.45) is 0 Å². The van der Waals surface area contributed by atoms with E-state index in [0.29, 0.717) is 12.1 Å². The normalized spacial score (nSPS) is 12.6. The van der Waals surface area contributed by atoms with Gasteiger partial charge in [-0.3, -0.25) is 0 Å². The third-order valence-corrected chi connectivity index (χ3v) is 11.0. The molecule has 0 radical (unpaired) electrons. The molecule has 1 aromatic carbocycles. The highest BCUT2D eigenvalue weighted by atomic mass is 79.9. The van der Waals surface area contributed by atoms with Crippen molar-refractivity contribution >= 4 is 35.2 Å². The van der Waals surface area contributed by atoms with Gasteiger partial charge in [0.25, 0.3) is 0 Å². The fourth-order valence-electron chi connectivity index (χ4n) is 2.66. The zero-order valence-electron chi connectivity index (χ0n) is 15.7. The Balaban J connectivity index is 2.13. The first-order chi connectivity index (χ1) is 12.1. The Hall–Kier alpha value is -1.73. The van der Waals surface area contributed by atoms with Gasteiger partial charge in [-0.15, -0.1) is 0 Å². The van der Waals surface area contributed by atoms with Gasteiger partial charge in [-0.25, -0.2) is 0 Å². The second kappa shape index (κ2) is 6.77. The molecule has 138 valence electrons. The summed E-state index contributed by atoms with van der Waals surface area (Å²) in [7, 11) is -1.98. The van der Waals surface area contributed by atoms with Crippen LogP contribution in [0.4, 0.5) is 4.39 Å². The largest absolute Gasteiger partial charge is 0.471 e. The van der Waals surface area contributed by atoms with Crippen molar-refractivity contribution in [1.29, 1.82) is 0 Å². The number of fused-ring (bicyclic) bond motifs is 1. The summed E-state index contributed by atoms with van der Waals surface area (Å²) in [4.78, 5) is 7.97. The Labute approximate surface area is 162 Å². The van der Waals surface area contributed by atoms with E-state index in [9.17, 15) is 4.39 Å². The van der Waals surface area contributed by atoms with Gasteiger partial charge in [-0.05, 0) is 26.5 Å². The predicted molar refractivity (Wildman–Crippen MR) is 109 cm³/mol. The van der Waals surface area contributed by atoms with Crippen molar-refractivity contribution in [3.8, 4) is 5.88 Å². The van der Waals surface area contributed by atoms with Gasteiger partial charge in [-0.2, -0.15) is 14.4 Å². The summed E-state index contributed by atoms with van der Waals surface area (Å²) in [5.41, 5.74) is 2.30. The number of halogens is 2. The molecule has 0 aliphatic carbocycles. The Morgan fingerprint density at radius 1 is 1.15 bits per heavy atom. The first kappa shape index (κ1) is 19.0. The summed E-state index contributed by atoms with van der Waals surface area (Å²) < 4.78 is 22.9. The van der Waals surface area contributed by atoms with Crippen LogP contribution in [0.1, 0.15) is 26.3 Å². The maximum absolute atomic E-state index is 14.0. The number of hydrogen-bond acceptors (Lipinski definition) is 3. The van der Waals surface area contributed by atoms with Gasteiger partial charge >= 0.3 is 6.08 Å². The Morgan fingerprint density at radius 3 is 2.42 bits per heavy atom. The van der Waals surface area contributed by atoms with Crippen LogP contribution >= 0.6 is 15.9 Å². The van der Waals surface area contributed by atoms with Crippen LogP contribution < -0.4 is 4.74 Å². The van der Waals surface area contributed by atoms with Crippen LogP contribution in [0, 0.1) is 6.08 Å². The maximum atomic E-state index is 14.0. The second-order valence-corrected chi connectivity index (χ2v) is 13.9. The molecule has 0 fully saturated rings. The minimum atomic E-state index is -1.98. The average Bonchev–Trinajstić information content (AvgIpc) is 2.90. The topological polar surface area (TPSA) is 39.9 Å². The number of hydrogen-bond donors (Lipinski definition) is 0. The molecule has 0 N–H and O–H groups in total. The zero-order chi connectivity index (χ0) is 19.1. The van der Waals surface area contributed by atoms with Crippen LogP contribution in [0.5, 0.6) is 5.88 Å². The van der Waals surface area contributed by atoms with Crippen molar-refractivity contribution in [2.75, 3.05) is 0 Å². The van der Waals surface area contributed by atoms with E-state index < -0.39 is 14.3 Å². The minimum Gasteiger partial charge on any atom is -0.471 e. The SMILES string of the molecule is CC(C)(C)[Si](C)(C)n1cc(Br)c2nc(F)nc(OCc3ccccc3)c21. The Morgan fingerprint density at radius 2 is 1.81 bits per heavy atom. The van der Waals surface area contributed by atoms with E-state index in [1.807, 2.05) is 36.5 Å². The van der Waals surface area contributed by atoms with Crippen molar-refractivity contribution in [3.05, 3.63) is 52.6 Å². The summed E-state index contributed by atoms with van der Waals surface area (Å²) >= 11 is 3.53. The molecule has 0 saturated carbocycles.